The summed E-state index contributed by atoms with van der Waals surface area (Å²) in [6, 6.07) is 7.04. The number of nitriles is 1. The summed E-state index contributed by atoms with van der Waals surface area (Å²) in [6.45, 7) is 20.0. The SMILES string of the molecule is C=C(Nc1cnn(C(C)c2cc(C)c(N3CCC(C)C3=O)nn2)c1)C(C(C)=N/C=C(\C)c1c(C#N)ccc(C)c1F)=C(C)C. The molecule has 1 aliphatic rings. The van der Waals surface area contributed by atoms with Crippen molar-refractivity contribution in [2.75, 3.05) is 16.8 Å². The van der Waals surface area contributed by atoms with Crippen LogP contribution in [0.4, 0.5) is 15.9 Å². The van der Waals surface area contributed by atoms with E-state index < -0.39 is 5.82 Å². The van der Waals surface area contributed by atoms with Gasteiger partial charge in [0.15, 0.2) is 5.82 Å². The van der Waals surface area contributed by atoms with Gasteiger partial charge in [-0.05, 0) is 83.7 Å². The minimum Gasteiger partial charge on any atom is -0.353 e. The Hall–Kier alpha value is -4.91. The molecule has 0 spiro atoms. The number of aromatic nitrogens is 4. The predicted molar refractivity (Wildman–Crippen MR) is 173 cm³/mol. The molecule has 1 saturated heterocycles. The number of allylic oxidation sites excluding steroid dienone is 3. The number of nitrogens with one attached hydrogen (secondary N) is 1. The predicted octanol–water partition coefficient (Wildman–Crippen LogP) is 7.07. The second kappa shape index (κ2) is 13.2. The van der Waals surface area contributed by atoms with Crippen LogP contribution < -0.4 is 10.2 Å². The number of amides is 1. The lowest BCUT2D eigenvalue weighted by molar-refractivity contribution is -0.119. The molecular formula is C34H39FN8O. The molecule has 9 nitrogen and oxygen atoms in total. The monoisotopic (exact) mass is 594 g/mol. The Balaban J connectivity index is 1.50. The van der Waals surface area contributed by atoms with Gasteiger partial charge in [-0.1, -0.05) is 25.1 Å². The first-order valence-electron chi connectivity index (χ1n) is 14.6. The van der Waals surface area contributed by atoms with Gasteiger partial charge in [-0.3, -0.25) is 19.4 Å². The number of aliphatic imine (C=N–C) groups is 1. The summed E-state index contributed by atoms with van der Waals surface area (Å²) in [5, 5.41) is 26.2. The molecule has 0 bridgehead atoms. The molecule has 1 amide bonds. The molecule has 0 aliphatic carbocycles. The molecule has 3 heterocycles. The Morgan fingerprint density at radius 2 is 1.95 bits per heavy atom. The molecule has 1 aliphatic heterocycles. The van der Waals surface area contributed by atoms with Crippen molar-refractivity contribution in [1.82, 2.24) is 20.0 Å². The van der Waals surface area contributed by atoms with Crippen molar-refractivity contribution in [3.8, 4) is 6.07 Å². The second-order valence-electron chi connectivity index (χ2n) is 11.6. The van der Waals surface area contributed by atoms with Crippen molar-refractivity contribution in [2.45, 2.75) is 67.9 Å². The smallest absolute Gasteiger partial charge is 0.231 e. The number of rotatable bonds is 9. The van der Waals surface area contributed by atoms with Gasteiger partial charge in [0.1, 0.15) is 5.82 Å². The van der Waals surface area contributed by atoms with Gasteiger partial charge >= 0.3 is 0 Å². The normalized spacial score (nSPS) is 16.1. The Labute approximate surface area is 258 Å². The highest BCUT2D eigenvalue weighted by Crippen LogP contribution is 2.28. The lowest BCUT2D eigenvalue weighted by Crippen LogP contribution is -2.28. The van der Waals surface area contributed by atoms with Crippen LogP contribution >= 0.6 is 0 Å². The summed E-state index contributed by atoms with van der Waals surface area (Å²) >= 11 is 0. The van der Waals surface area contributed by atoms with E-state index in [0.717, 1.165) is 34.5 Å². The van der Waals surface area contributed by atoms with Crippen LogP contribution in [0.25, 0.3) is 5.57 Å². The molecule has 3 aromatic rings. The summed E-state index contributed by atoms with van der Waals surface area (Å²) < 4.78 is 16.7. The van der Waals surface area contributed by atoms with Gasteiger partial charge in [0, 0.05) is 47.4 Å². The molecule has 2 atom stereocenters. The molecule has 1 N–H and O–H groups in total. The zero-order valence-electron chi connectivity index (χ0n) is 26.7. The number of anilines is 2. The second-order valence-corrected chi connectivity index (χ2v) is 11.6. The molecule has 1 fully saturated rings. The number of carbonyl (C=O) groups is 1. The van der Waals surface area contributed by atoms with E-state index in [-0.39, 0.29) is 29.0 Å². The zero-order chi connectivity index (χ0) is 32.3. The molecule has 2 aromatic heterocycles. The maximum Gasteiger partial charge on any atom is 0.231 e. The summed E-state index contributed by atoms with van der Waals surface area (Å²) in [5.74, 6) is 0.281. The molecule has 1 aromatic carbocycles. The maximum absolute atomic E-state index is 14.9. The van der Waals surface area contributed by atoms with Gasteiger partial charge in [0.2, 0.25) is 5.91 Å². The van der Waals surface area contributed by atoms with E-state index in [1.54, 1.807) is 48.0 Å². The first-order chi connectivity index (χ1) is 20.8. The van der Waals surface area contributed by atoms with Crippen molar-refractivity contribution >= 4 is 28.7 Å². The molecule has 0 saturated carbocycles. The summed E-state index contributed by atoms with van der Waals surface area (Å²) in [5.41, 5.74) is 7.04. The average molecular weight is 595 g/mol. The number of nitrogens with zero attached hydrogens (tertiary/aromatic N) is 7. The van der Waals surface area contributed by atoms with Gasteiger partial charge in [-0.2, -0.15) is 15.5 Å². The molecule has 2 unspecified atom stereocenters. The van der Waals surface area contributed by atoms with Crippen molar-refractivity contribution in [3.63, 3.8) is 0 Å². The third-order valence-electron chi connectivity index (χ3n) is 7.89. The van der Waals surface area contributed by atoms with Gasteiger partial charge in [-0.15, -0.1) is 5.10 Å². The number of halogens is 1. The first kappa shape index (κ1) is 32.0. The van der Waals surface area contributed by atoms with E-state index in [1.165, 1.54) is 0 Å². The summed E-state index contributed by atoms with van der Waals surface area (Å²) in [7, 11) is 0. The number of hydrogen-bond donors (Lipinski definition) is 1. The number of hydrogen-bond acceptors (Lipinski definition) is 7. The molecule has 10 heteroatoms. The fourth-order valence-corrected chi connectivity index (χ4v) is 5.35. The van der Waals surface area contributed by atoms with E-state index in [0.29, 0.717) is 34.9 Å². The highest BCUT2D eigenvalue weighted by atomic mass is 19.1. The molecule has 4 rings (SSSR count). The van der Waals surface area contributed by atoms with Crippen molar-refractivity contribution in [2.24, 2.45) is 10.9 Å². The zero-order valence-corrected chi connectivity index (χ0v) is 26.7. The van der Waals surface area contributed by atoms with Gasteiger partial charge in [0.05, 0.1) is 35.3 Å². The van der Waals surface area contributed by atoms with Gasteiger partial charge < -0.3 is 5.32 Å². The Morgan fingerprint density at radius 1 is 1.23 bits per heavy atom. The minimum atomic E-state index is -0.418. The van der Waals surface area contributed by atoms with Gasteiger partial charge in [0.25, 0.3) is 0 Å². The molecule has 228 valence electrons. The fraction of sp³-hybridized carbons (Fsp3) is 0.353. The number of carbonyl (C=O) groups excluding carboxylic acids is 1. The van der Waals surface area contributed by atoms with Crippen LogP contribution in [-0.2, 0) is 4.79 Å². The van der Waals surface area contributed by atoms with Crippen LogP contribution in [0, 0.1) is 36.9 Å². The lowest BCUT2D eigenvalue weighted by atomic mass is 9.98. The maximum atomic E-state index is 14.9. The van der Waals surface area contributed by atoms with E-state index in [1.807, 2.05) is 53.8 Å². The fourth-order valence-electron chi connectivity index (χ4n) is 5.35. The van der Waals surface area contributed by atoms with Crippen LogP contribution in [0.2, 0.25) is 0 Å². The van der Waals surface area contributed by atoms with Crippen LogP contribution in [0.3, 0.4) is 0 Å². The average Bonchev–Trinajstić information content (AvgIpc) is 3.58. The molecule has 0 radical (unpaired) electrons. The van der Waals surface area contributed by atoms with Crippen LogP contribution in [0.5, 0.6) is 0 Å². The third kappa shape index (κ3) is 6.52. The number of benzene rings is 1. The quantitative estimate of drug-likeness (QED) is 0.210. The first-order valence-corrected chi connectivity index (χ1v) is 14.6. The highest BCUT2D eigenvalue weighted by Gasteiger charge is 2.31. The summed E-state index contributed by atoms with van der Waals surface area (Å²) in [6.07, 6.45) is 5.98. The third-order valence-corrected chi connectivity index (χ3v) is 7.89. The molecule has 44 heavy (non-hydrogen) atoms. The molecular weight excluding hydrogens is 555 g/mol. The largest absolute Gasteiger partial charge is 0.353 e. The van der Waals surface area contributed by atoms with Gasteiger partial charge in [-0.25, -0.2) is 4.39 Å². The Morgan fingerprint density at radius 3 is 2.57 bits per heavy atom. The van der Waals surface area contributed by atoms with Crippen LogP contribution in [0.15, 0.2) is 65.2 Å². The van der Waals surface area contributed by atoms with Crippen LogP contribution in [0.1, 0.15) is 82.0 Å². The highest BCUT2D eigenvalue weighted by molar-refractivity contribution is 6.04. The number of aryl methyl sites for hydroxylation is 2. The van der Waals surface area contributed by atoms with E-state index in [4.69, 9.17) is 0 Å². The Kier molecular flexibility index (Phi) is 9.58. The van der Waals surface area contributed by atoms with Crippen molar-refractivity contribution in [1.29, 1.82) is 5.26 Å². The lowest BCUT2D eigenvalue weighted by Gasteiger charge is -2.18. The van der Waals surface area contributed by atoms with E-state index in [9.17, 15) is 14.4 Å². The van der Waals surface area contributed by atoms with E-state index in [2.05, 4.69) is 38.3 Å². The summed E-state index contributed by atoms with van der Waals surface area (Å²) in [4.78, 5) is 18.8. The Bertz CT molecular complexity index is 1750. The minimum absolute atomic E-state index is 0.00265. The topological polar surface area (TPSA) is 112 Å². The van der Waals surface area contributed by atoms with Crippen LogP contribution in [-0.4, -0.2) is 38.1 Å². The van der Waals surface area contributed by atoms with Crippen molar-refractivity contribution in [3.05, 3.63) is 94.0 Å². The van der Waals surface area contributed by atoms with E-state index >= 15 is 0 Å². The standard InChI is InChI=1S/C34H39FN8O/c1-19(2)30(24(7)37-16-23(6)31-27(15-36)11-10-20(3)32(31)35)25(8)39-28-17-38-43(18-28)26(9)29-14-22(5)33(41-40-29)42-13-12-21(4)34(42)44/h10-11,14,16-18,21,26,39H,8,12-13H2,1-7,9H3/b23-16+,37-24?. The van der Waals surface area contributed by atoms with Crippen molar-refractivity contribution < 1.29 is 9.18 Å².